The first kappa shape index (κ1) is 20.6. The quantitative estimate of drug-likeness (QED) is 0.533. The van der Waals surface area contributed by atoms with E-state index in [4.69, 9.17) is 9.47 Å². The van der Waals surface area contributed by atoms with E-state index in [-0.39, 0.29) is 24.2 Å². The van der Waals surface area contributed by atoms with Crippen molar-refractivity contribution in [1.29, 1.82) is 0 Å². The lowest BCUT2D eigenvalue weighted by molar-refractivity contribution is -0.131. The molecular formula is C22H25BrFNO3. The van der Waals surface area contributed by atoms with Crippen LogP contribution in [0.2, 0.25) is 0 Å². The Morgan fingerprint density at radius 3 is 2.36 bits per heavy atom. The molecule has 1 amide bonds. The molecular weight excluding hydrogens is 425 g/mol. The zero-order chi connectivity index (χ0) is 20.1. The molecule has 0 heterocycles. The van der Waals surface area contributed by atoms with Gasteiger partial charge in [0, 0.05) is 22.6 Å². The van der Waals surface area contributed by atoms with E-state index in [1.165, 1.54) is 6.07 Å². The van der Waals surface area contributed by atoms with Gasteiger partial charge in [0.25, 0.3) is 0 Å². The molecule has 0 bridgehead atoms. The van der Waals surface area contributed by atoms with Crippen LogP contribution >= 0.6 is 15.9 Å². The van der Waals surface area contributed by atoms with Gasteiger partial charge in [0.2, 0.25) is 5.91 Å². The van der Waals surface area contributed by atoms with Gasteiger partial charge in [-0.1, -0.05) is 34.1 Å². The highest BCUT2D eigenvalue weighted by Crippen LogP contribution is 2.35. The van der Waals surface area contributed by atoms with Crippen molar-refractivity contribution >= 4 is 21.8 Å². The van der Waals surface area contributed by atoms with E-state index in [1.54, 1.807) is 23.1 Å². The first-order valence-electron chi connectivity index (χ1n) is 9.64. The predicted molar refractivity (Wildman–Crippen MR) is 110 cm³/mol. The number of amides is 1. The molecule has 0 saturated heterocycles. The summed E-state index contributed by atoms with van der Waals surface area (Å²) in [5.74, 6) is 0.986. The lowest BCUT2D eigenvalue weighted by atomic mass is 10.1. The Morgan fingerprint density at radius 2 is 1.75 bits per heavy atom. The average Bonchev–Trinajstić information content (AvgIpc) is 3.50. The minimum absolute atomic E-state index is 0.0157. The Labute approximate surface area is 173 Å². The van der Waals surface area contributed by atoms with Crippen LogP contribution in [-0.2, 0) is 17.8 Å². The third kappa shape index (κ3) is 5.04. The Balaban J connectivity index is 1.80. The van der Waals surface area contributed by atoms with E-state index in [0.717, 1.165) is 22.9 Å². The molecule has 150 valence electrons. The molecule has 0 spiro atoms. The van der Waals surface area contributed by atoms with E-state index in [0.29, 0.717) is 36.8 Å². The fourth-order valence-electron chi connectivity index (χ4n) is 3.13. The fourth-order valence-corrected chi connectivity index (χ4v) is 3.59. The third-order valence-corrected chi connectivity index (χ3v) is 5.40. The number of hydrogen-bond donors (Lipinski definition) is 0. The number of rotatable bonds is 9. The molecule has 6 heteroatoms. The van der Waals surface area contributed by atoms with Gasteiger partial charge in [-0.25, -0.2) is 4.39 Å². The molecule has 2 aromatic rings. The van der Waals surface area contributed by atoms with Crippen LogP contribution in [0.25, 0.3) is 0 Å². The maximum absolute atomic E-state index is 14.1. The summed E-state index contributed by atoms with van der Waals surface area (Å²) in [5, 5.41) is 0. The van der Waals surface area contributed by atoms with Crippen molar-refractivity contribution < 1.29 is 18.7 Å². The van der Waals surface area contributed by atoms with Crippen molar-refractivity contribution in [2.24, 2.45) is 0 Å². The highest BCUT2D eigenvalue weighted by Gasteiger charge is 2.33. The van der Waals surface area contributed by atoms with Crippen LogP contribution in [0.3, 0.4) is 0 Å². The molecule has 3 rings (SSSR count). The number of halogens is 2. The summed E-state index contributed by atoms with van der Waals surface area (Å²) >= 11 is 3.54. The number of hydrogen-bond acceptors (Lipinski definition) is 3. The molecule has 4 nitrogen and oxygen atoms in total. The molecule has 1 aliphatic rings. The van der Waals surface area contributed by atoms with Crippen molar-refractivity contribution in [3.8, 4) is 11.5 Å². The summed E-state index contributed by atoms with van der Waals surface area (Å²) in [6, 6.07) is 10.5. The van der Waals surface area contributed by atoms with Gasteiger partial charge < -0.3 is 14.4 Å². The number of nitrogens with zero attached hydrogens (tertiary/aromatic N) is 1. The summed E-state index contributed by atoms with van der Waals surface area (Å²) in [4.78, 5) is 14.8. The van der Waals surface area contributed by atoms with Crippen molar-refractivity contribution in [2.45, 2.75) is 45.7 Å². The van der Waals surface area contributed by atoms with E-state index in [2.05, 4.69) is 15.9 Å². The van der Waals surface area contributed by atoms with E-state index < -0.39 is 0 Å². The molecule has 1 aliphatic carbocycles. The second-order valence-corrected chi connectivity index (χ2v) is 7.63. The molecule has 1 saturated carbocycles. The number of carbonyl (C=O) groups excluding carboxylic acids is 1. The number of carbonyl (C=O) groups is 1. The largest absolute Gasteiger partial charge is 0.490 e. The van der Waals surface area contributed by atoms with Crippen LogP contribution in [0.15, 0.2) is 40.9 Å². The van der Waals surface area contributed by atoms with Crippen LogP contribution in [0.1, 0.15) is 37.8 Å². The van der Waals surface area contributed by atoms with E-state index >= 15 is 0 Å². The SMILES string of the molecule is CCOc1cc(Br)c(CC(=O)N(Cc2ccccc2F)C2CC2)cc1OCC. The van der Waals surface area contributed by atoms with Crippen molar-refractivity contribution in [3.63, 3.8) is 0 Å². The average molecular weight is 450 g/mol. The van der Waals surface area contributed by atoms with Crippen LogP contribution in [0, 0.1) is 5.82 Å². The Hall–Kier alpha value is -2.08. The monoisotopic (exact) mass is 449 g/mol. The van der Waals surface area contributed by atoms with Crippen LogP contribution in [0.4, 0.5) is 4.39 Å². The molecule has 0 aliphatic heterocycles. The maximum atomic E-state index is 14.1. The Morgan fingerprint density at radius 1 is 1.11 bits per heavy atom. The topological polar surface area (TPSA) is 38.8 Å². The van der Waals surface area contributed by atoms with E-state index in [1.807, 2.05) is 26.0 Å². The minimum atomic E-state index is -0.276. The molecule has 0 aromatic heterocycles. The summed E-state index contributed by atoms with van der Waals surface area (Å²) in [5.41, 5.74) is 1.37. The maximum Gasteiger partial charge on any atom is 0.227 e. The fraction of sp³-hybridized carbons (Fsp3) is 0.409. The van der Waals surface area contributed by atoms with Gasteiger partial charge in [0.1, 0.15) is 5.82 Å². The van der Waals surface area contributed by atoms with Gasteiger partial charge >= 0.3 is 0 Å². The summed E-state index contributed by atoms with van der Waals surface area (Å²) in [6.07, 6.45) is 2.15. The van der Waals surface area contributed by atoms with Gasteiger partial charge in [-0.2, -0.15) is 0 Å². The molecule has 1 fully saturated rings. The Bertz CT molecular complexity index is 839. The summed E-state index contributed by atoms with van der Waals surface area (Å²) < 4.78 is 26.2. The van der Waals surface area contributed by atoms with Crippen molar-refractivity contribution in [1.82, 2.24) is 4.90 Å². The molecule has 0 N–H and O–H groups in total. The first-order chi connectivity index (χ1) is 13.5. The lowest BCUT2D eigenvalue weighted by Crippen LogP contribution is -2.34. The smallest absolute Gasteiger partial charge is 0.227 e. The van der Waals surface area contributed by atoms with E-state index in [9.17, 15) is 9.18 Å². The normalized spacial score (nSPS) is 13.3. The van der Waals surface area contributed by atoms with Gasteiger partial charge in [-0.3, -0.25) is 4.79 Å². The lowest BCUT2D eigenvalue weighted by Gasteiger charge is -2.23. The molecule has 28 heavy (non-hydrogen) atoms. The van der Waals surface area contributed by atoms with Gasteiger partial charge in [0.15, 0.2) is 11.5 Å². The zero-order valence-corrected chi connectivity index (χ0v) is 17.8. The van der Waals surface area contributed by atoms with Crippen molar-refractivity contribution in [3.05, 3.63) is 57.8 Å². The predicted octanol–water partition coefficient (Wildman–Crippen LogP) is 5.12. The Kier molecular flexibility index (Phi) is 6.94. The highest BCUT2D eigenvalue weighted by molar-refractivity contribution is 9.10. The standard InChI is InChI=1S/C22H25BrFNO3/c1-3-27-20-11-16(18(23)13-21(20)28-4-2)12-22(26)25(17-9-10-17)14-15-7-5-6-8-19(15)24/h5-8,11,13,17H,3-4,9-10,12,14H2,1-2H3. The van der Waals surface area contributed by atoms with Gasteiger partial charge in [0.05, 0.1) is 19.6 Å². The number of benzene rings is 2. The third-order valence-electron chi connectivity index (χ3n) is 4.66. The molecule has 2 aromatic carbocycles. The molecule has 0 radical (unpaired) electrons. The summed E-state index contributed by atoms with van der Waals surface area (Å²) in [6.45, 7) is 5.16. The van der Waals surface area contributed by atoms with Gasteiger partial charge in [-0.05, 0) is 50.5 Å². The highest BCUT2D eigenvalue weighted by atomic mass is 79.9. The van der Waals surface area contributed by atoms with Crippen molar-refractivity contribution in [2.75, 3.05) is 13.2 Å². The zero-order valence-electron chi connectivity index (χ0n) is 16.2. The van der Waals surface area contributed by atoms with Crippen LogP contribution in [0.5, 0.6) is 11.5 Å². The minimum Gasteiger partial charge on any atom is -0.490 e. The second-order valence-electron chi connectivity index (χ2n) is 6.78. The molecule has 0 unspecified atom stereocenters. The summed E-state index contributed by atoms with van der Waals surface area (Å²) in [7, 11) is 0. The number of ether oxygens (including phenoxy) is 2. The van der Waals surface area contributed by atoms with Gasteiger partial charge in [-0.15, -0.1) is 0 Å². The molecule has 0 atom stereocenters. The second kappa shape index (κ2) is 9.41. The van der Waals surface area contributed by atoms with Crippen LogP contribution in [-0.4, -0.2) is 30.1 Å². The first-order valence-corrected chi connectivity index (χ1v) is 10.4. The van der Waals surface area contributed by atoms with Crippen LogP contribution < -0.4 is 9.47 Å².